The molecule has 1 aromatic rings. The topological polar surface area (TPSA) is 45.2 Å². The van der Waals surface area contributed by atoms with Gasteiger partial charge in [-0.2, -0.15) is 0 Å². The molecule has 3 heterocycles. The number of aryl methyl sites for hydroxylation is 1. The van der Waals surface area contributed by atoms with Crippen molar-refractivity contribution in [3.05, 3.63) is 16.1 Å². The van der Waals surface area contributed by atoms with Crippen molar-refractivity contribution in [3.63, 3.8) is 0 Å². The van der Waals surface area contributed by atoms with Crippen LogP contribution in [0.5, 0.6) is 0 Å². The molecule has 0 spiro atoms. The van der Waals surface area contributed by atoms with E-state index in [4.69, 9.17) is 0 Å². The third kappa shape index (κ3) is 3.83. The van der Waals surface area contributed by atoms with E-state index in [1.807, 2.05) is 12.3 Å². The second kappa shape index (κ2) is 6.88. The van der Waals surface area contributed by atoms with Crippen LogP contribution in [0, 0.1) is 12.8 Å². The Balaban J connectivity index is 1.48. The molecular weight excluding hydrogens is 282 g/mol. The zero-order valence-electron chi connectivity index (χ0n) is 12.8. The molecule has 0 unspecified atom stereocenters. The van der Waals surface area contributed by atoms with Crippen molar-refractivity contribution < 1.29 is 4.79 Å². The van der Waals surface area contributed by atoms with Crippen molar-refractivity contribution >= 4 is 17.2 Å². The highest BCUT2D eigenvalue weighted by Crippen LogP contribution is 2.30. The van der Waals surface area contributed by atoms with Gasteiger partial charge in [0.2, 0.25) is 5.91 Å². The Morgan fingerprint density at radius 2 is 2.24 bits per heavy atom. The van der Waals surface area contributed by atoms with Gasteiger partial charge in [0.1, 0.15) is 0 Å². The lowest BCUT2D eigenvalue weighted by atomic mass is 9.83. The first-order valence-electron chi connectivity index (χ1n) is 8.14. The quantitative estimate of drug-likeness (QED) is 0.929. The molecule has 0 aromatic carbocycles. The molecule has 1 aromatic heterocycles. The number of nitrogens with one attached hydrogen (secondary N) is 1. The lowest BCUT2D eigenvalue weighted by Gasteiger charge is -2.44. The third-order valence-electron chi connectivity index (χ3n) is 4.80. The Hall–Kier alpha value is -0.940. The van der Waals surface area contributed by atoms with Crippen molar-refractivity contribution in [2.45, 2.75) is 51.5 Å². The molecule has 0 bridgehead atoms. The number of aromatic nitrogens is 1. The van der Waals surface area contributed by atoms with E-state index in [1.165, 1.54) is 45.2 Å². The summed E-state index contributed by atoms with van der Waals surface area (Å²) in [5.74, 6) is 0.758. The molecule has 4 nitrogen and oxygen atoms in total. The van der Waals surface area contributed by atoms with Crippen molar-refractivity contribution in [1.29, 1.82) is 0 Å². The second-order valence-corrected chi connectivity index (χ2v) is 7.40. The van der Waals surface area contributed by atoms with Crippen molar-refractivity contribution in [1.82, 2.24) is 15.2 Å². The summed E-state index contributed by atoms with van der Waals surface area (Å²) >= 11 is 1.61. The average molecular weight is 307 g/mol. The van der Waals surface area contributed by atoms with E-state index >= 15 is 0 Å². The van der Waals surface area contributed by atoms with Gasteiger partial charge in [0.25, 0.3) is 0 Å². The molecule has 2 atom stereocenters. The Morgan fingerprint density at radius 3 is 3.05 bits per heavy atom. The lowest BCUT2D eigenvalue weighted by molar-refractivity contribution is -0.120. The second-order valence-electron chi connectivity index (χ2n) is 6.34. The smallest absolute Gasteiger partial charge is 0.226 e. The third-order valence-corrected chi connectivity index (χ3v) is 5.62. The van der Waals surface area contributed by atoms with E-state index in [1.54, 1.807) is 11.3 Å². The normalized spacial score (nSPS) is 26.3. The van der Waals surface area contributed by atoms with Gasteiger partial charge in [-0.05, 0) is 51.6 Å². The number of carbonyl (C=O) groups is 1. The highest BCUT2D eigenvalue weighted by molar-refractivity contribution is 7.09. The van der Waals surface area contributed by atoms with Gasteiger partial charge in [-0.1, -0.05) is 6.42 Å². The Kier molecular flexibility index (Phi) is 4.91. The van der Waals surface area contributed by atoms with Crippen LogP contribution in [0.15, 0.2) is 5.38 Å². The molecule has 1 N–H and O–H groups in total. The Morgan fingerprint density at radius 1 is 1.38 bits per heavy atom. The summed E-state index contributed by atoms with van der Waals surface area (Å²) in [6.45, 7) is 5.33. The van der Waals surface area contributed by atoms with Gasteiger partial charge in [0.15, 0.2) is 0 Å². The van der Waals surface area contributed by atoms with Crippen molar-refractivity contribution in [2.75, 3.05) is 19.6 Å². The van der Waals surface area contributed by atoms with Crippen molar-refractivity contribution in [3.8, 4) is 0 Å². The van der Waals surface area contributed by atoms with Crippen LogP contribution in [-0.2, 0) is 11.2 Å². The van der Waals surface area contributed by atoms with Crippen LogP contribution in [0.2, 0.25) is 0 Å². The highest BCUT2D eigenvalue weighted by Gasteiger charge is 2.32. The number of piperidine rings is 2. The molecular formula is C16H25N3OS. The van der Waals surface area contributed by atoms with Gasteiger partial charge in [0, 0.05) is 18.0 Å². The molecule has 2 saturated heterocycles. The van der Waals surface area contributed by atoms with Crippen LogP contribution in [0.4, 0.5) is 0 Å². The average Bonchev–Trinajstić information content (AvgIpc) is 2.90. The fourth-order valence-corrected chi connectivity index (χ4v) is 4.39. The summed E-state index contributed by atoms with van der Waals surface area (Å²) in [5.41, 5.74) is 0.901. The Bertz CT molecular complexity index is 486. The molecule has 0 saturated carbocycles. The SMILES string of the molecule is Cc1nc(CC(=O)NC[C@H]2CCCN3CCCC[C@H]23)cs1. The van der Waals surface area contributed by atoms with Crippen LogP contribution in [-0.4, -0.2) is 41.5 Å². The van der Waals surface area contributed by atoms with Gasteiger partial charge in [-0.15, -0.1) is 11.3 Å². The molecule has 2 aliphatic rings. The monoisotopic (exact) mass is 307 g/mol. The highest BCUT2D eigenvalue weighted by atomic mass is 32.1. The summed E-state index contributed by atoms with van der Waals surface area (Å²) in [7, 11) is 0. The molecule has 21 heavy (non-hydrogen) atoms. The van der Waals surface area contributed by atoms with Crippen LogP contribution in [0.25, 0.3) is 0 Å². The summed E-state index contributed by atoms with van der Waals surface area (Å²) in [5, 5.41) is 6.16. The summed E-state index contributed by atoms with van der Waals surface area (Å²) in [6.07, 6.45) is 6.97. The van der Waals surface area contributed by atoms with Gasteiger partial charge in [-0.3, -0.25) is 4.79 Å². The molecule has 0 radical (unpaired) electrons. The number of hydrogen-bond donors (Lipinski definition) is 1. The minimum Gasteiger partial charge on any atom is -0.355 e. The molecule has 5 heteroatoms. The van der Waals surface area contributed by atoms with Gasteiger partial charge >= 0.3 is 0 Å². The van der Waals surface area contributed by atoms with Crippen LogP contribution >= 0.6 is 11.3 Å². The van der Waals surface area contributed by atoms with Crippen molar-refractivity contribution in [2.24, 2.45) is 5.92 Å². The zero-order valence-corrected chi connectivity index (χ0v) is 13.6. The van der Waals surface area contributed by atoms with Gasteiger partial charge in [-0.25, -0.2) is 4.98 Å². The summed E-state index contributed by atoms with van der Waals surface area (Å²) in [6, 6.07) is 0.703. The van der Waals surface area contributed by atoms with Crippen LogP contribution < -0.4 is 5.32 Å². The summed E-state index contributed by atoms with van der Waals surface area (Å²) in [4.78, 5) is 19.1. The first-order valence-corrected chi connectivity index (χ1v) is 9.02. The van der Waals surface area contributed by atoms with Gasteiger partial charge in [0.05, 0.1) is 17.1 Å². The fraction of sp³-hybridized carbons (Fsp3) is 0.750. The number of carbonyl (C=O) groups excluding carboxylic acids is 1. The molecule has 116 valence electrons. The number of thiazole rings is 1. The van der Waals surface area contributed by atoms with E-state index in [2.05, 4.69) is 15.2 Å². The lowest BCUT2D eigenvalue weighted by Crippen LogP contribution is -2.51. The number of nitrogens with zero attached hydrogens (tertiary/aromatic N) is 2. The number of fused-ring (bicyclic) bond motifs is 1. The van der Waals surface area contributed by atoms with Gasteiger partial charge < -0.3 is 10.2 Å². The molecule has 1 amide bonds. The minimum absolute atomic E-state index is 0.119. The summed E-state index contributed by atoms with van der Waals surface area (Å²) < 4.78 is 0. The predicted molar refractivity (Wildman–Crippen MR) is 85.5 cm³/mol. The number of hydrogen-bond acceptors (Lipinski definition) is 4. The molecule has 3 rings (SSSR count). The fourth-order valence-electron chi connectivity index (χ4n) is 3.78. The largest absolute Gasteiger partial charge is 0.355 e. The number of rotatable bonds is 4. The predicted octanol–water partition coefficient (Wildman–Crippen LogP) is 2.37. The number of amides is 1. The van der Waals surface area contributed by atoms with E-state index in [9.17, 15) is 4.79 Å². The first kappa shape index (κ1) is 15.0. The molecule has 2 fully saturated rings. The first-order chi connectivity index (χ1) is 10.2. The van der Waals surface area contributed by atoms with E-state index in [-0.39, 0.29) is 5.91 Å². The minimum atomic E-state index is 0.119. The standard InChI is InChI=1S/C16H25N3OS/c1-12-18-14(11-21-12)9-16(20)17-10-13-5-4-8-19-7-3-2-6-15(13)19/h11,13,15H,2-10H2,1H3,(H,17,20)/t13-,15-/m1/s1. The maximum absolute atomic E-state index is 12.1. The Labute approximate surface area is 130 Å². The van der Waals surface area contributed by atoms with E-state index in [0.29, 0.717) is 18.4 Å². The maximum Gasteiger partial charge on any atom is 0.226 e. The zero-order chi connectivity index (χ0) is 14.7. The maximum atomic E-state index is 12.1. The van der Waals surface area contributed by atoms with Crippen LogP contribution in [0.3, 0.4) is 0 Å². The van der Waals surface area contributed by atoms with Crippen LogP contribution in [0.1, 0.15) is 42.8 Å². The van der Waals surface area contributed by atoms with E-state index in [0.717, 1.165) is 17.2 Å². The van der Waals surface area contributed by atoms with E-state index < -0.39 is 0 Å². The molecule has 2 aliphatic heterocycles. The molecule has 0 aliphatic carbocycles.